The molecule has 2 bridgehead atoms. The quantitative estimate of drug-likeness (QED) is 0.288. The van der Waals surface area contributed by atoms with Gasteiger partial charge in [0, 0.05) is 29.8 Å². The Bertz CT molecular complexity index is 1060. The number of rotatable bonds is 4. The Morgan fingerprint density at radius 1 is 1.24 bits per heavy atom. The van der Waals surface area contributed by atoms with Crippen molar-refractivity contribution in [1.29, 1.82) is 0 Å². The van der Waals surface area contributed by atoms with Crippen LogP contribution in [0, 0.1) is 22.0 Å². The van der Waals surface area contributed by atoms with E-state index in [4.69, 9.17) is 16.6 Å². The summed E-state index contributed by atoms with van der Waals surface area (Å²) in [5.41, 5.74) is 0.626. The molecule has 0 radical (unpaired) electrons. The fraction of sp³-hybridized carbons (Fsp3) is 0.333. The largest absolute Gasteiger partial charge is 0.457 e. The van der Waals surface area contributed by atoms with Crippen LogP contribution in [-0.4, -0.2) is 26.1 Å². The van der Waals surface area contributed by atoms with Gasteiger partial charge in [-0.3, -0.25) is 19.8 Å². The fourth-order valence-electron chi connectivity index (χ4n) is 4.78. The van der Waals surface area contributed by atoms with Crippen LogP contribution >= 0.6 is 24.0 Å². The Balaban J connectivity index is 1.38. The lowest BCUT2D eigenvalue weighted by atomic mass is 9.94. The maximum Gasteiger partial charge on any atom is 0.270 e. The van der Waals surface area contributed by atoms with Crippen LogP contribution in [0.2, 0.25) is 0 Å². The SMILES string of the molecule is O=C1/C(=C/c2ccc(-c3cccc([N+](=O)[O-])c3)o2)SC(=S)N1C1CC2CCC1C2. The normalized spacial score (nSPS) is 27.4. The van der Waals surface area contributed by atoms with Crippen molar-refractivity contribution >= 4 is 46.0 Å². The minimum absolute atomic E-state index is 0.00665. The second-order valence-corrected chi connectivity index (χ2v) is 9.48. The summed E-state index contributed by atoms with van der Waals surface area (Å²) >= 11 is 6.84. The van der Waals surface area contributed by atoms with Crippen LogP contribution in [0.4, 0.5) is 5.69 Å². The highest BCUT2D eigenvalue weighted by Crippen LogP contribution is 2.49. The minimum atomic E-state index is -0.436. The molecular weight excluding hydrogens is 408 g/mol. The number of fused-ring (bicyclic) bond motifs is 2. The van der Waals surface area contributed by atoms with Crippen LogP contribution in [0.5, 0.6) is 0 Å². The molecule has 1 saturated heterocycles. The number of benzene rings is 1. The molecule has 8 heteroatoms. The number of carbonyl (C=O) groups excluding carboxylic acids is 1. The number of hydrogen-bond acceptors (Lipinski definition) is 6. The van der Waals surface area contributed by atoms with Gasteiger partial charge in [0.25, 0.3) is 11.6 Å². The van der Waals surface area contributed by atoms with Crippen LogP contribution in [0.15, 0.2) is 45.7 Å². The van der Waals surface area contributed by atoms with Gasteiger partial charge >= 0.3 is 0 Å². The predicted octanol–water partition coefficient (Wildman–Crippen LogP) is 5.24. The number of nitrogens with zero attached hydrogens (tertiary/aromatic N) is 2. The van der Waals surface area contributed by atoms with Gasteiger partial charge in [-0.05, 0) is 43.2 Å². The topological polar surface area (TPSA) is 76.6 Å². The molecule has 29 heavy (non-hydrogen) atoms. The molecule has 2 saturated carbocycles. The summed E-state index contributed by atoms with van der Waals surface area (Å²) in [6.07, 6.45) is 6.45. The first-order valence-electron chi connectivity index (χ1n) is 9.61. The highest BCUT2D eigenvalue weighted by molar-refractivity contribution is 8.26. The third kappa shape index (κ3) is 3.30. The van der Waals surface area contributed by atoms with E-state index in [2.05, 4.69) is 0 Å². The number of furan rings is 1. The van der Waals surface area contributed by atoms with Crippen LogP contribution in [-0.2, 0) is 4.79 Å². The molecule has 3 unspecified atom stereocenters. The summed E-state index contributed by atoms with van der Waals surface area (Å²) in [4.78, 5) is 25.9. The maximum absolute atomic E-state index is 13.0. The van der Waals surface area contributed by atoms with Crippen molar-refractivity contribution in [3.63, 3.8) is 0 Å². The van der Waals surface area contributed by atoms with Crippen molar-refractivity contribution in [3.8, 4) is 11.3 Å². The van der Waals surface area contributed by atoms with Gasteiger partial charge in [-0.25, -0.2) is 0 Å². The van der Waals surface area contributed by atoms with E-state index in [1.54, 1.807) is 30.3 Å². The molecule has 2 aliphatic carbocycles. The van der Waals surface area contributed by atoms with Crippen LogP contribution < -0.4 is 0 Å². The number of thiocarbonyl (C=S) groups is 1. The summed E-state index contributed by atoms with van der Waals surface area (Å²) < 4.78 is 6.46. The van der Waals surface area contributed by atoms with Gasteiger partial charge in [0.15, 0.2) is 0 Å². The molecule has 148 valence electrons. The van der Waals surface area contributed by atoms with Crippen LogP contribution in [0.3, 0.4) is 0 Å². The van der Waals surface area contributed by atoms with Crippen LogP contribution in [0.25, 0.3) is 17.4 Å². The Morgan fingerprint density at radius 3 is 2.83 bits per heavy atom. The van der Waals surface area contributed by atoms with E-state index in [0.717, 1.165) is 12.3 Å². The molecule has 0 N–H and O–H groups in total. The number of thioether (sulfide) groups is 1. The van der Waals surface area contributed by atoms with Gasteiger partial charge in [-0.2, -0.15) is 0 Å². The van der Waals surface area contributed by atoms with Crippen molar-refractivity contribution in [1.82, 2.24) is 4.90 Å². The second kappa shape index (κ2) is 7.11. The molecule has 3 fully saturated rings. The molecule has 1 aliphatic heterocycles. The fourth-order valence-corrected chi connectivity index (χ4v) is 6.13. The van der Waals surface area contributed by atoms with Crippen molar-refractivity contribution in [2.45, 2.75) is 31.7 Å². The standard InChI is InChI=1S/C21H18N2O4S2/c24-20-19(29-21(28)22(20)17-9-12-4-5-13(17)8-12)11-16-6-7-18(27-16)14-2-1-3-15(10-14)23(25)26/h1-3,6-7,10-13,17H,4-5,8-9H2/b19-11-. The molecule has 1 amide bonds. The lowest BCUT2D eigenvalue weighted by molar-refractivity contribution is -0.384. The maximum atomic E-state index is 13.0. The van der Waals surface area contributed by atoms with E-state index in [9.17, 15) is 14.9 Å². The smallest absolute Gasteiger partial charge is 0.270 e. The number of amides is 1. The Kier molecular flexibility index (Phi) is 4.55. The molecule has 3 atom stereocenters. The molecule has 1 aromatic heterocycles. The molecule has 0 spiro atoms. The molecule has 1 aromatic carbocycles. The van der Waals surface area contributed by atoms with Gasteiger partial charge < -0.3 is 4.42 Å². The first kappa shape index (κ1) is 18.6. The third-order valence-electron chi connectivity index (χ3n) is 6.10. The van der Waals surface area contributed by atoms with Gasteiger partial charge in [0.1, 0.15) is 15.8 Å². The van der Waals surface area contributed by atoms with E-state index in [1.807, 2.05) is 4.90 Å². The number of non-ortho nitro benzene ring substituents is 1. The van der Waals surface area contributed by atoms with Crippen LogP contribution in [0.1, 0.15) is 31.4 Å². The Labute approximate surface area is 177 Å². The second-order valence-electron chi connectivity index (χ2n) is 7.80. The van der Waals surface area contributed by atoms with Crippen molar-refractivity contribution in [2.24, 2.45) is 11.8 Å². The summed E-state index contributed by atoms with van der Waals surface area (Å²) in [7, 11) is 0. The Morgan fingerprint density at radius 2 is 2.10 bits per heavy atom. The average Bonchev–Trinajstić information content (AvgIpc) is 3.48. The van der Waals surface area contributed by atoms with Crippen molar-refractivity contribution in [3.05, 3.63) is 57.2 Å². The van der Waals surface area contributed by atoms with Crippen molar-refractivity contribution in [2.75, 3.05) is 0 Å². The lowest BCUT2D eigenvalue weighted by Crippen LogP contribution is -2.41. The molecular formula is C21H18N2O4S2. The highest BCUT2D eigenvalue weighted by atomic mass is 32.2. The monoisotopic (exact) mass is 426 g/mol. The number of hydrogen-bond donors (Lipinski definition) is 0. The summed E-state index contributed by atoms with van der Waals surface area (Å²) in [5, 5.41) is 11.0. The first-order chi connectivity index (χ1) is 14.0. The lowest BCUT2D eigenvalue weighted by Gasteiger charge is -2.30. The highest BCUT2D eigenvalue weighted by Gasteiger charge is 2.47. The van der Waals surface area contributed by atoms with E-state index in [1.165, 1.54) is 43.2 Å². The van der Waals surface area contributed by atoms with Gasteiger partial charge in [0.2, 0.25) is 0 Å². The first-order valence-corrected chi connectivity index (χ1v) is 10.8. The molecule has 2 heterocycles. The summed E-state index contributed by atoms with van der Waals surface area (Å²) in [6.45, 7) is 0. The predicted molar refractivity (Wildman–Crippen MR) is 115 cm³/mol. The molecule has 6 nitrogen and oxygen atoms in total. The van der Waals surface area contributed by atoms with E-state index >= 15 is 0 Å². The Hall–Kier alpha value is -2.45. The zero-order valence-electron chi connectivity index (χ0n) is 15.4. The van der Waals surface area contributed by atoms with Crippen molar-refractivity contribution < 1.29 is 14.1 Å². The number of nitro groups is 1. The third-order valence-corrected chi connectivity index (χ3v) is 7.43. The van der Waals surface area contributed by atoms with E-state index in [-0.39, 0.29) is 17.6 Å². The van der Waals surface area contributed by atoms with Gasteiger partial charge in [-0.15, -0.1) is 0 Å². The van der Waals surface area contributed by atoms with Gasteiger partial charge in [0.05, 0.1) is 9.83 Å². The van der Waals surface area contributed by atoms with E-state index in [0.29, 0.717) is 32.2 Å². The molecule has 3 aliphatic rings. The van der Waals surface area contributed by atoms with E-state index < -0.39 is 4.92 Å². The molecule has 2 aromatic rings. The number of nitro benzene ring substituents is 1. The number of carbonyl (C=O) groups is 1. The molecule has 5 rings (SSSR count). The zero-order chi connectivity index (χ0) is 20.1. The zero-order valence-corrected chi connectivity index (χ0v) is 17.1. The minimum Gasteiger partial charge on any atom is -0.457 e. The average molecular weight is 427 g/mol. The summed E-state index contributed by atoms with van der Waals surface area (Å²) in [6, 6.07) is 10.0. The van der Waals surface area contributed by atoms with Gasteiger partial charge in [-0.1, -0.05) is 42.5 Å². The summed E-state index contributed by atoms with van der Waals surface area (Å²) in [5.74, 6) is 2.32.